The van der Waals surface area contributed by atoms with Crippen LogP contribution in [0.1, 0.15) is 18.9 Å². The van der Waals surface area contributed by atoms with E-state index in [2.05, 4.69) is 10.3 Å². The first-order chi connectivity index (χ1) is 15.0. The number of amides is 3. The highest BCUT2D eigenvalue weighted by Crippen LogP contribution is 2.26. The van der Waals surface area contributed by atoms with Gasteiger partial charge in [-0.05, 0) is 36.2 Å². The Morgan fingerprint density at radius 1 is 1.13 bits per heavy atom. The molecule has 0 radical (unpaired) electrons. The minimum absolute atomic E-state index is 0.216. The van der Waals surface area contributed by atoms with Crippen LogP contribution in [0.5, 0.6) is 0 Å². The van der Waals surface area contributed by atoms with Gasteiger partial charge in [-0.2, -0.15) is 0 Å². The Morgan fingerprint density at radius 3 is 2.58 bits per heavy atom. The number of carbonyl (C=O) groups excluding carboxylic acids is 3. The lowest BCUT2D eigenvalue weighted by Crippen LogP contribution is -2.59. The van der Waals surface area contributed by atoms with Crippen LogP contribution in [0.25, 0.3) is 10.2 Å². The van der Waals surface area contributed by atoms with Crippen molar-refractivity contribution in [1.82, 2.24) is 14.8 Å². The molecular formula is C22H21FN4O3S. The minimum Gasteiger partial charge on any atom is -0.328 e. The SMILES string of the molecule is CC[C@@H](C(=O)Nc1nc2ccccc2s1)N1CCN(Cc2ccc(F)cc2)C(=O)C1=O. The molecule has 160 valence electrons. The predicted molar refractivity (Wildman–Crippen MR) is 116 cm³/mol. The number of anilines is 1. The molecule has 9 heteroatoms. The lowest BCUT2D eigenvalue weighted by molar-refractivity contribution is -0.159. The van der Waals surface area contributed by atoms with E-state index in [4.69, 9.17) is 0 Å². The van der Waals surface area contributed by atoms with Gasteiger partial charge < -0.3 is 15.1 Å². The van der Waals surface area contributed by atoms with Gasteiger partial charge in [0.2, 0.25) is 5.91 Å². The number of nitrogens with zero attached hydrogens (tertiary/aromatic N) is 3. The zero-order valence-corrected chi connectivity index (χ0v) is 17.7. The maximum atomic E-state index is 13.1. The molecule has 3 amide bonds. The van der Waals surface area contributed by atoms with Gasteiger partial charge in [-0.1, -0.05) is 42.5 Å². The van der Waals surface area contributed by atoms with E-state index in [0.717, 1.165) is 15.8 Å². The lowest BCUT2D eigenvalue weighted by Gasteiger charge is -2.37. The molecule has 1 aliphatic rings. The monoisotopic (exact) mass is 440 g/mol. The van der Waals surface area contributed by atoms with Crippen LogP contribution in [0.3, 0.4) is 0 Å². The third kappa shape index (κ3) is 4.41. The minimum atomic E-state index is -0.767. The number of piperazine rings is 1. The van der Waals surface area contributed by atoms with E-state index >= 15 is 0 Å². The molecular weight excluding hydrogens is 419 g/mol. The lowest BCUT2D eigenvalue weighted by atomic mass is 10.1. The molecule has 7 nitrogen and oxygen atoms in total. The van der Waals surface area contributed by atoms with Crippen LogP contribution in [0.2, 0.25) is 0 Å². The normalized spacial score (nSPS) is 15.4. The number of benzene rings is 2. The van der Waals surface area contributed by atoms with Crippen molar-refractivity contribution in [3.05, 3.63) is 59.9 Å². The van der Waals surface area contributed by atoms with Crippen molar-refractivity contribution in [2.75, 3.05) is 18.4 Å². The fourth-order valence-corrected chi connectivity index (χ4v) is 4.48. The molecule has 0 saturated carbocycles. The molecule has 31 heavy (non-hydrogen) atoms. The Morgan fingerprint density at radius 2 is 1.87 bits per heavy atom. The molecule has 2 aromatic carbocycles. The number of nitrogens with one attached hydrogen (secondary N) is 1. The first kappa shape index (κ1) is 20.9. The Kier molecular flexibility index (Phi) is 5.94. The molecule has 0 aliphatic carbocycles. The molecule has 1 fully saturated rings. The van der Waals surface area contributed by atoms with Crippen LogP contribution >= 0.6 is 11.3 Å². The van der Waals surface area contributed by atoms with Crippen LogP contribution in [0.4, 0.5) is 9.52 Å². The van der Waals surface area contributed by atoms with Crippen molar-refractivity contribution >= 4 is 44.4 Å². The Labute approximate surface area is 182 Å². The molecule has 1 atom stereocenters. The second-order valence-electron chi connectivity index (χ2n) is 7.25. The van der Waals surface area contributed by atoms with E-state index in [1.807, 2.05) is 24.3 Å². The molecule has 4 rings (SSSR count). The first-order valence-electron chi connectivity index (χ1n) is 9.97. The molecule has 1 N–H and O–H groups in total. The van der Waals surface area contributed by atoms with E-state index in [-0.39, 0.29) is 24.8 Å². The van der Waals surface area contributed by atoms with Crippen molar-refractivity contribution in [3.8, 4) is 0 Å². The fourth-order valence-electron chi connectivity index (χ4n) is 3.61. The summed E-state index contributed by atoms with van der Waals surface area (Å²) in [7, 11) is 0. The van der Waals surface area contributed by atoms with Crippen LogP contribution in [-0.2, 0) is 20.9 Å². The first-order valence-corrected chi connectivity index (χ1v) is 10.8. The van der Waals surface area contributed by atoms with Crippen molar-refractivity contribution < 1.29 is 18.8 Å². The van der Waals surface area contributed by atoms with Crippen molar-refractivity contribution in [2.45, 2.75) is 25.9 Å². The Balaban J connectivity index is 1.43. The molecule has 1 saturated heterocycles. The quantitative estimate of drug-likeness (QED) is 0.598. The zero-order valence-electron chi connectivity index (χ0n) is 16.9. The summed E-state index contributed by atoms with van der Waals surface area (Å²) in [4.78, 5) is 45.4. The average Bonchev–Trinajstić information content (AvgIpc) is 3.17. The number of para-hydroxylation sites is 1. The topological polar surface area (TPSA) is 82.6 Å². The Bertz CT molecular complexity index is 1100. The van der Waals surface area contributed by atoms with Crippen LogP contribution < -0.4 is 5.32 Å². The van der Waals surface area contributed by atoms with Gasteiger partial charge in [0, 0.05) is 19.6 Å². The van der Waals surface area contributed by atoms with E-state index in [1.165, 1.54) is 33.3 Å². The maximum absolute atomic E-state index is 13.1. The number of halogens is 1. The van der Waals surface area contributed by atoms with Gasteiger partial charge in [-0.15, -0.1) is 0 Å². The van der Waals surface area contributed by atoms with Crippen LogP contribution in [0, 0.1) is 5.82 Å². The van der Waals surface area contributed by atoms with Crippen molar-refractivity contribution in [1.29, 1.82) is 0 Å². The standard InChI is InChI=1S/C22H21FN4O3S/c1-2-17(19(28)25-22-24-16-5-3-4-6-18(16)31-22)27-12-11-26(20(29)21(27)30)13-14-7-9-15(23)10-8-14/h3-10,17H,2,11-13H2,1H3,(H,24,25,28)/t17-/m0/s1. The summed E-state index contributed by atoms with van der Waals surface area (Å²) in [6, 6.07) is 12.6. The smallest absolute Gasteiger partial charge is 0.312 e. The fraction of sp³-hybridized carbons (Fsp3) is 0.273. The summed E-state index contributed by atoms with van der Waals surface area (Å²) in [5, 5.41) is 3.24. The van der Waals surface area contributed by atoms with Gasteiger partial charge in [0.15, 0.2) is 5.13 Å². The number of hydrogen-bond donors (Lipinski definition) is 1. The van der Waals surface area contributed by atoms with Gasteiger partial charge in [0.1, 0.15) is 11.9 Å². The molecule has 0 unspecified atom stereocenters. The number of thiazole rings is 1. The second-order valence-corrected chi connectivity index (χ2v) is 8.28. The second kappa shape index (κ2) is 8.81. The third-order valence-corrected chi connectivity index (χ3v) is 6.17. The highest BCUT2D eigenvalue weighted by molar-refractivity contribution is 7.22. The number of aromatic nitrogens is 1. The number of fused-ring (bicyclic) bond motifs is 1. The zero-order chi connectivity index (χ0) is 22.0. The van der Waals surface area contributed by atoms with Crippen molar-refractivity contribution in [2.24, 2.45) is 0 Å². The number of hydrogen-bond acceptors (Lipinski definition) is 5. The summed E-state index contributed by atoms with van der Waals surface area (Å²) < 4.78 is 14.0. The van der Waals surface area contributed by atoms with Gasteiger partial charge >= 0.3 is 11.8 Å². The maximum Gasteiger partial charge on any atom is 0.312 e. The van der Waals surface area contributed by atoms with Gasteiger partial charge in [0.25, 0.3) is 0 Å². The number of rotatable bonds is 6. The highest BCUT2D eigenvalue weighted by atomic mass is 32.1. The molecule has 2 heterocycles. The third-order valence-electron chi connectivity index (χ3n) is 5.22. The van der Waals surface area contributed by atoms with Crippen LogP contribution in [0.15, 0.2) is 48.5 Å². The molecule has 1 aromatic heterocycles. The summed E-state index contributed by atoms with van der Waals surface area (Å²) in [6.45, 7) is 2.56. The molecule has 0 bridgehead atoms. The van der Waals surface area contributed by atoms with Crippen LogP contribution in [-0.4, -0.2) is 51.6 Å². The highest BCUT2D eigenvalue weighted by Gasteiger charge is 2.38. The van der Waals surface area contributed by atoms with E-state index in [9.17, 15) is 18.8 Å². The van der Waals surface area contributed by atoms with E-state index < -0.39 is 17.9 Å². The summed E-state index contributed by atoms with van der Waals surface area (Å²) in [6.07, 6.45) is 0.369. The van der Waals surface area contributed by atoms with E-state index in [0.29, 0.717) is 18.1 Å². The van der Waals surface area contributed by atoms with E-state index in [1.54, 1.807) is 19.1 Å². The number of carbonyl (C=O) groups is 3. The summed E-state index contributed by atoms with van der Waals surface area (Å²) in [5.74, 6) is -2.10. The van der Waals surface area contributed by atoms with Gasteiger partial charge in [0.05, 0.1) is 10.2 Å². The summed E-state index contributed by atoms with van der Waals surface area (Å²) in [5.41, 5.74) is 1.52. The van der Waals surface area contributed by atoms with Crippen molar-refractivity contribution in [3.63, 3.8) is 0 Å². The average molecular weight is 441 g/mol. The van der Waals surface area contributed by atoms with Gasteiger partial charge in [-0.25, -0.2) is 9.37 Å². The van der Waals surface area contributed by atoms with Gasteiger partial charge in [-0.3, -0.25) is 14.4 Å². The summed E-state index contributed by atoms with van der Waals surface area (Å²) >= 11 is 1.36. The predicted octanol–water partition coefficient (Wildman–Crippen LogP) is 3.02. The molecule has 0 spiro atoms. The molecule has 1 aliphatic heterocycles. The Hall–Kier alpha value is -3.33. The molecule has 3 aromatic rings. The largest absolute Gasteiger partial charge is 0.328 e.